The van der Waals surface area contributed by atoms with Gasteiger partial charge in [0.15, 0.2) is 0 Å². The van der Waals surface area contributed by atoms with Gasteiger partial charge < -0.3 is 10.1 Å². The molecule has 0 atom stereocenters. The molecule has 1 heterocycles. The quantitative estimate of drug-likeness (QED) is 0.604. The predicted molar refractivity (Wildman–Crippen MR) is 97.7 cm³/mol. The van der Waals surface area contributed by atoms with Crippen LogP contribution < -0.4 is 10.1 Å². The molecule has 140 valence electrons. The molecule has 0 aliphatic heterocycles. The number of hydrogen-bond donors (Lipinski definition) is 1. The summed E-state index contributed by atoms with van der Waals surface area (Å²) in [6.07, 6.45) is 0. The van der Waals surface area contributed by atoms with Crippen LogP contribution in [-0.2, 0) is 11.3 Å². The minimum absolute atomic E-state index is 0.0514. The molecule has 0 bridgehead atoms. The summed E-state index contributed by atoms with van der Waals surface area (Å²) in [4.78, 5) is 13.2. The molecule has 2 aromatic carbocycles. The van der Waals surface area contributed by atoms with Crippen LogP contribution in [0, 0.1) is 0 Å². The third-order valence-corrected chi connectivity index (χ3v) is 4.10. The number of nitrogens with one attached hydrogen (secondary N) is 1. The highest BCUT2D eigenvalue weighted by molar-refractivity contribution is 9.10. The third-order valence-electron chi connectivity index (χ3n) is 3.27. The molecule has 11 heteroatoms. The minimum atomic E-state index is -2.98. The van der Waals surface area contributed by atoms with Crippen molar-refractivity contribution in [1.29, 1.82) is 0 Å². The highest BCUT2D eigenvalue weighted by Gasteiger charge is 2.12. The van der Waals surface area contributed by atoms with Gasteiger partial charge in [-0.05, 0) is 47.7 Å². The molecule has 0 aliphatic carbocycles. The Kier molecular flexibility index (Phi) is 5.97. The average Bonchev–Trinajstić information content (AvgIpc) is 3.06. The summed E-state index contributed by atoms with van der Waals surface area (Å²) in [5.41, 5.74) is 1.08. The van der Waals surface area contributed by atoms with Crippen LogP contribution in [0.3, 0.4) is 0 Å². The van der Waals surface area contributed by atoms with Crippen molar-refractivity contribution in [3.8, 4) is 17.1 Å². The van der Waals surface area contributed by atoms with Crippen LogP contribution in [0.25, 0.3) is 11.4 Å². The molecule has 1 amide bonds. The van der Waals surface area contributed by atoms with Gasteiger partial charge in [0, 0.05) is 15.7 Å². The van der Waals surface area contributed by atoms with Crippen molar-refractivity contribution in [2.75, 3.05) is 5.32 Å². The SMILES string of the molecule is O=C(Cn1nnc(-c2ccc(Br)cc2)n1)Nc1ccc(OC(F)F)c(Cl)c1. The van der Waals surface area contributed by atoms with Gasteiger partial charge in [0.1, 0.15) is 12.3 Å². The van der Waals surface area contributed by atoms with Crippen molar-refractivity contribution in [2.24, 2.45) is 0 Å². The zero-order valence-electron chi connectivity index (χ0n) is 13.4. The van der Waals surface area contributed by atoms with Crippen LogP contribution >= 0.6 is 27.5 Å². The van der Waals surface area contributed by atoms with Crippen LogP contribution in [0.1, 0.15) is 0 Å². The molecule has 0 unspecified atom stereocenters. The van der Waals surface area contributed by atoms with Crippen molar-refractivity contribution in [3.05, 3.63) is 52.0 Å². The van der Waals surface area contributed by atoms with Gasteiger partial charge in [0.25, 0.3) is 0 Å². The summed E-state index contributed by atoms with van der Waals surface area (Å²) in [5, 5.41) is 14.4. The molecule has 0 saturated carbocycles. The molecule has 3 aromatic rings. The molecule has 0 spiro atoms. The van der Waals surface area contributed by atoms with Gasteiger partial charge in [-0.15, -0.1) is 10.2 Å². The van der Waals surface area contributed by atoms with Gasteiger partial charge in [-0.3, -0.25) is 4.79 Å². The van der Waals surface area contributed by atoms with E-state index >= 15 is 0 Å². The average molecular weight is 459 g/mol. The number of rotatable bonds is 6. The minimum Gasteiger partial charge on any atom is -0.433 e. The van der Waals surface area contributed by atoms with Gasteiger partial charge in [-0.2, -0.15) is 13.6 Å². The second-order valence-electron chi connectivity index (χ2n) is 5.22. The molecule has 0 radical (unpaired) electrons. The molecular weight excluding hydrogens is 448 g/mol. The topological polar surface area (TPSA) is 81.9 Å². The van der Waals surface area contributed by atoms with Crippen molar-refractivity contribution in [3.63, 3.8) is 0 Å². The first-order chi connectivity index (χ1) is 12.9. The number of benzene rings is 2. The van der Waals surface area contributed by atoms with E-state index in [0.717, 1.165) is 14.8 Å². The Morgan fingerprint density at radius 3 is 2.67 bits per heavy atom. The fourth-order valence-corrected chi connectivity index (χ4v) is 2.61. The molecule has 0 saturated heterocycles. The Balaban J connectivity index is 1.63. The molecule has 7 nitrogen and oxygen atoms in total. The number of hydrogen-bond acceptors (Lipinski definition) is 5. The lowest BCUT2D eigenvalue weighted by Gasteiger charge is -2.09. The zero-order chi connectivity index (χ0) is 19.4. The van der Waals surface area contributed by atoms with Crippen molar-refractivity contribution in [2.45, 2.75) is 13.2 Å². The number of aromatic nitrogens is 4. The Bertz CT molecular complexity index is 952. The number of tetrazole rings is 1. The van der Waals surface area contributed by atoms with E-state index in [4.69, 9.17) is 11.6 Å². The van der Waals surface area contributed by atoms with Crippen LogP contribution in [-0.4, -0.2) is 32.7 Å². The number of alkyl halides is 2. The largest absolute Gasteiger partial charge is 0.433 e. The van der Waals surface area contributed by atoms with Crippen LogP contribution in [0.4, 0.5) is 14.5 Å². The standard InChI is InChI=1S/C16H11BrClF2N5O2/c17-10-3-1-9(2-4-10)15-22-24-25(23-15)8-14(26)21-11-5-6-13(12(18)7-11)27-16(19)20/h1-7,16H,8H2,(H,21,26). The Morgan fingerprint density at radius 1 is 1.26 bits per heavy atom. The first-order valence-electron chi connectivity index (χ1n) is 7.48. The normalized spacial score (nSPS) is 10.9. The maximum absolute atomic E-state index is 12.2. The lowest BCUT2D eigenvalue weighted by Crippen LogP contribution is -2.20. The van der Waals surface area contributed by atoms with Crippen LogP contribution in [0.2, 0.25) is 5.02 Å². The van der Waals surface area contributed by atoms with Crippen LogP contribution in [0.15, 0.2) is 46.9 Å². The summed E-state index contributed by atoms with van der Waals surface area (Å²) < 4.78 is 29.6. The Labute approximate surface area is 165 Å². The molecule has 3 rings (SSSR count). The van der Waals surface area contributed by atoms with E-state index in [2.05, 4.69) is 41.4 Å². The fourth-order valence-electron chi connectivity index (χ4n) is 2.12. The lowest BCUT2D eigenvalue weighted by molar-refractivity contribution is -0.117. The number of amides is 1. The Hall–Kier alpha value is -2.59. The van der Waals surface area contributed by atoms with E-state index in [9.17, 15) is 13.6 Å². The first kappa shape index (κ1) is 19.2. The first-order valence-corrected chi connectivity index (χ1v) is 8.66. The molecule has 0 fully saturated rings. The van der Waals surface area contributed by atoms with E-state index in [1.165, 1.54) is 18.2 Å². The second-order valence-corrected chi connectivity index (χ2v) is 6.55. The number of anilines is 1. The summed E-state index contributed by atoms with van der Waals surface area (Å²) in [6.45, 7) is -3.17. The number of ether oxygens (including phenoxy) is 1. The number of carbonyl (C=O) groups excluding carboxylic acids is 1. The summed E-state index contributed by atoms with van der Waals surface area (Å²) in [5.74, 6) is -0.234. The zero-order valence-corrected chi connectivity index (χ0v) is 15.8. The highest BCUT2D eigenvalue weighted by atomic mass is 79.9. The predicted octanol–water partition coefficient (Wildman–Crippen LogP) is 4.00. The summed E-state index contributed by atoms with van der Waals surface area (Å²) in [6, 6.07) is 11.3. The monoisotopic (exact) mass is 457 g/mol. The van der Waals surface area contributed by atoms with Crippen molar-refractivity contribution >= 4 is 39.1 Å². The summed E-state index contributed by atoms with van der Waals surface area (Å²) >= 11 is 9.19. The fraction of sp³-hybridized carbons (Fsp3) is 0.125. The maximum Gasteiger partial charge on any atom is 0.387 e. The van der Waals surface area contributed by atoms with Gasteiger partial charge in [-0.25, -0.2) is 0 Å². The van der Waals surface area contributed by atoms with Gasteiger partial charge in [-0.1, -0.05) is 27.5 Å². The van der Waals surface area contributed by atoms with Gasteiger partial charge >= 0.3 is 6.61 Å². The van der Waals surface area contributed by atoms with E-state index in [1.54, 1.807) is 0 Å². The number of halogens is 4. The molecule has 27 heavy (non-hydrogen) atoms. The van der Waals surface area contributed by atoms with Crippen molar-refractivity contribution in [1.82, 2.24) is 20.2 Å². The Morgan fingerprint density at radius 2 is 2.00 bits per heavy atom. The number of nitrogens with zero attached hydrogens (tertiary/aromatic N) is 4. The molecule has 1 N–H and O–H groups in total. The smallest absolute Gasteiger partial charge is 0.387 e. The molecule has 1 aromatic heterocycles. The summed E-state index contributed by atoms with van der Waals surface area (Å²) in [7, 11) is 0. The number of carbonyl (C=O) groups is 1. The maximum atomic E-state index is 12.2. The lowest BCUT2D eigenvalue weighted by atomic mass is 10.2. The van der Waals surface area contributed by atoms with Gasteiger partial charge in [0.2, 0.25) is 11.7 Å². The third kappa shape index (κ3) is 5.20. The van der Waals surface area contributed by atoms with E-state index in [-0.39, 0.29) is 17.3 Å². The van der Waals surface area contributed by atoms with E-state index in [0.29, 0.717) is 11.5 Å². The molecule has 0 aliphatic rings. The highest BCUT2D eigenvalue weighted by Crippen LogP contribution is 2.28. The van der Waals surface area contributed by atoms with Gasteiger partial charge in [0.05, 0.1) is 5.02 Å². The van der Waals surface area contributed by atoms with Crippen LogP contribution in [0.5, 0.6) is 5.75 Å². The van der Waals surface area contributed by atoms with E-state index in [1.807, 2.05) is 24.3 Å². The second kappa shape index (κ2) is 8.40. The molecular formula is C16H11BrClF2N5O2. The van der Waals surface area contributed by atoms with Crippen molar-refractivity contribution < 1.29 is 18.3 Å². The van der Waals surface area contributed by atoms with E-state index < -0.39 is 12.5 Å².